The first-order chi connectivity index (χ1) is 10.2. The lowest BCUT2D eigenvalue weighted by Gasteiger charge is -2.17. The van der Waals surface area contributed by atoms with Crippen LogP contribution in [0, 0.1) is 6.92 Å². The number of nitrogens with zero attached hydrogens (tertiary/aromatic N) is 6. The first-order valence-electron chi connectivity index (χ1n) is 6.58. The number of hydrogen-bond acceptors (Lipinski definition) is 7. The maximum Gasteiger partial charge on any atom is 0.163 e. The van der Waals surface area contributed by atoms with Crippen molar-refractivity contribution >= 4 is 28.2 Å². The highest BCUT2D eigenvalue weighted by atomic mass is 32.1. The smallest absolute Gasteiger partial charge is 0.163 e. The molecule has 0 bridgehead atoms. The number of rotatable bonds is 5. The van der Waals surface area contributed by atoms with Crippen LogP contribution in [0.4, 0.5) is 5.82 Å². The fraction of sp³-hybridized carbons (Fsp3) is 0.385. The highest BCUT2D eigenvalue weighted by Crippen LogP contribution is 2.23. The van der Waals surface area contributed by atoms with E-state index in [4.69, 9.17) is 5.11 Å². The second kappa shape index (κ2) is 5.74. The van der Waals surface area contributed by atoms with Gasteiger partial charge in [-0.3, -0.25) is 0 Å². The molecule has 3 aromatic heterocycles. The third-order valence-electron chi connectivity index (χ3n) is 3.15. The zero-order valence-electron chi connectivity index (χ0n) is 11.9. The van der Waals surface area contributed by atoms with E-state index in [1.54, 1.807) is 22.2 Å². The minimum atomic E-state index is 0.0318. The second-order valence-electron chi connectivity index (χ2n) is 4.74. The molecule has 0 aliphatic rings. The van der Waals surface area contributed by atoms with Crippen molar-refractivity contribution in [2.24, 2.45) is 0 Å². The second-order valence-corrected chi connectivity index (χ2v) is 5.80. The van der Waals surface area contributed by atoms with Crippen molar-refractivity contribution in [3.63, 3.8) is 0 Å². The van der Waals surface area contributed by atoms with E-state index in [1.807, 2.05) is 18.9 Å². The third kappa shape index (κ3) is 2.72. The largest absolute Gasteiger partial charge is 0.394 e. The van der Waals surface area contributed by atoms with Crippen molar-refractivity contribution in [1.82, 2.24) is 24.7 Å². The summed E-state index contributed by atoms with van der Waals surface area (Å²) in [7, 11) is 1.97. The predicted octanol–water partition coefficient (Wildman–Crippen LogP) is 1.22. The van der Waals surface area contributed by atoms with Crippen molar-refractivity contribution < 1.29 is 5.11 Å². The van der Waals surface area contributed by atoms with E-state index in [1.165, 1.54) is 6.33 Å². The molecule has 1 N–H and O–H groups in total. The van der Waals surface area contributed by atoms with Gasteiger partial charge < -0.3 is 10.0 Å². The van der Waals surface area contributed by atoms with E-state index >= 15 is 0 Å². The van der Waals surface area contributed by atoms with Crippen LogP contribution in [0.5, 0.6) is 0 Å². The van der Waals surface area contributed by atoms with E-state index in [2.05, 4.69) is 25.4 Å². The topological polar surface area (TPSA) is 80.0 Å². The third-order valence-corrected chi connectivity index (χ3v) is 3.97. The summed E-state index contributed by atoms with van der Waals surface area (Å²) >= 11 is 1.64. The Morgan fingerprint density at radius 1 is 1.38 bits per heavy atom. The zero-order valence-corrected chi connectivity index (χ0v) is 12.7. The SMILES string of the molecule is Cc1nc(CN(C)c2ncnc3c2cnn3CCO)cs1. The molecule has 0 aromatic carbocycles. The maximum absolute atomic E-state index is 9.05. The number of aliphatic hydroxyl groups is 1. The Morgan fingerprint density at radius 3 is 2.95 bits per heavy atom. The normalized spacial score (nSPS) is 11.2. The van der Waals surface area contributed by atoms with Crippen LogP contribution in [-0.4, -0.2) is 43.5 Å². The van der Waals surface area contributed by atoms with Crippen molar-refractivity contribution in [3.05, 3.63) is 28.6 Å². The van der Waals surface area contributed by atoms with Gasteiger partial charge in [0.15, 0.2) is 5.65 Å². The molecule has 0 amide bonds. The van der Waals surface area contributed by atoms with E-state index < -0.39 is 0 Å². The van der Waals surface area contributed by atoms with Crippen LogP contribution in [0.1, 0.15) is 10.7 Å². The molecule has 0 unspecified atom stereocenters. The summed E-state index contributed by atoms with van der Waals surface area (Å²) in [5, 5.41) is 17.3. The van der Waals surface area contributed by atoms with Gasteiger partial charge in [-0.05, 0) is 6.92 Å². The molecule has 3 heterocycles. The van der Waals surface area contributed by atoms with Gasteiger partial charge in [-0.2, -0.15) is 5.10 Å². The van der Waals surface area contributed by atoms with E-state index in [9.17, 15) is 0 Å². The molecule has 3 rings (SSSR count). The van der Waals surface area contributed by atoms with Crippen LogP contribution in [-0.2, 0) is 13.1 Å². The molecule has 110 valence electrons. The Balaban J connectivity index is 1.92. The van der Waals surface area contributed by atoms with E-state index in [-0.39, 0.29) is 6.61 Å². The van der Waals surface area contributed by atoms with Gasteiger partial charge in [0.1, 0.15) is 12.1 Å². The Kier molecular flexibility index (Phi) is 3.80. The highest BCUT2D eigenvalue weighted by molar-refractivity contribution is 7.09. The molecular weight excluding hydrogens is 288 g/mol. The highest BCUT2D eigenvalue weighted by Gasteiger charge is 2.13. The van der Waals surface area contributed by atoms with Crippen molar-refractivity contribution in [1.29, 1.82) is 0 Å². The van der Waals surface area contributed by atoms with E-state index in [0.29, 0.717) is 13.1 Å². The summed E-state index contributed by atoms with van der Waals surface area (Å²) in [6.45, 7) is 3.14. The van der Waals surface area contributed by atoms with E-state index in [0.717, 1.165) is 27.6 Å². The number of fused-ring (bicyclic) bond motifs is 1. The first-order valence-corrected chi connectivity index (χ1v) is 7.46. The molecule has 0 radical (unpaired) electrons. The van der Waals surface area contributed by atoms with Crippen LogP contribution < -0.4 is 4.90 Å². The monoisotopic (exact) mass is 304 g/mol. The zero-order chi connectivity index (χ0) is 14.8. The molecular formula is C13H16N6OS. The number of anilines is 1. The summed E-state index contributed by atoms with van der Waals surface area (Å²) in [6, 6.07) is 0. The van der Waals surface area contributed by atoms with Crippen LogP contribution in [0.15, 0.2) is 17.9 Å². The molecule has 0 fully saturated rings. The molecule has 8 heteroatoms. The van der Waals surface area contributed by atoms with Crippen LogP contribution in [0.25, 0.3) is 11.0 Å². The summed E-state index contributed by atoms with van der Waals surface area (Å²) in [5.41, 5.74) is 1.75. The maximum atomic E-state index is 9.05. The summed E-state index contributed by atoms with van der Waals surface area (Å²) in [5.74, 6) is 0.815. The fourth-order valence-corrected chi connectivity index (χ4v) is 2.85. The van der Waals surface area contributed by atoms with Crippen LogP contribution in [0.2, 0.25) is 0 Å². The van der Waals surface area contributed by atoms with Gasteiger partial charge in [0, 0.05) is 12.4 Å². The summed E-state index contributed by atoms with van der Waals surface area (Å²) < 4.78 is 1.68. The number of aromatic nitrogens is 5. The van der Waals surface area contributed by atoms with Gasteiger partial charge in [-0.1, -0.05) is 0 Å². The minimum Gasteiger partial charge on any atom is -0.394 e. The number of hydrogen-bond donors (Lipinski definition) is 1. The molecule has 3 aromatic rings. The fourth-order valence-electron chi connectivity index (χ4n) is 2.24. The summed E-state index contributed by atoms with van der Waals surface area (Å²) in [4.78, 5) is 15.1. The van der Waals surface area contributed by atoms with Gasteiger partial charge in [0.2, 0.25) is 0 Å². The van der Waals surface area contributed by atoms with Gasteiger partial charge in [0.05, 0.1) is 42.0 Å². The molecule has 0 atom stereocenters. The first kappa shape index (κ1) is 13.9. The number of aliphatic hydroxyl groups excluding tert-OH is 1. The van der Waals surface area contributed by atoms with Gasteiger partial charge in [-0.15, -0.1) is 11.3 Å². The minimum absolute atomic E-state index is 0.0318. The molecule has 0 spiro atoms. The Morgan fingerprint density at radius 2 is 2.24 bits per heavy atom. The molecule has 0 aliphatic carbocycles. The Hall–Kier alpha value is -2.06. The standard InChI is InChI=1S/C13H16N6OS/c1-9-17-10(7-21-9)6-18(2)12-11-5-16-19(3-4-20)13(11)15-8-14-12/h5,7-8,20H,3-4,6H2,1-2H3. The Bertz CT molecular complexity index is 752. The van der Waals surface area contributed by atoms with Crippen LogP contribution in [0.3, 0.4) is 0 Å². The summed E-state index contributed by atoms with van der Waals surface area (Å²) in [6.07, 6.45) is 3.26. The number of thiazole rings is 1. The molecule has 7 nitrogen and oxygen atoms in total. The van der Waals surface area contributed by atoms with Crippen molar-refractivity contribution in [2.45, 2.75) is 20.0 Å². The lowest BCUT2D eigenvalue weighted by molar-refractivity contribution is 0.271. The van der Waals surface area contributed by atoms with Crippen molar-refractivity contribution in [2.75, 3.05) is 18.6 Å². The average Bonchev–Trinajstić information content (AvgIpc) is 3.06. The Labute approximate surface area is 125 Å². The van der Waals surface area contributed by atoms with Crippen LogP contribution >= 0.6 is 11.3 Å². The molecule has 0 saturated heterocycles. The molecule has 0 aliphatic heterocycles. The van der Waals surface area contributed by atoms with Gasteiger partial charge in [-0.25, -0.2) is 19.6 Å². The lowest BCUT2D eigenvalue weighted by Crippen LogP contribution is -2.18. The van der Waals surface area contributed by atoms with Crippen molar-refractivity contribution in [3.8, 4) is 0 Å². The predicted molar refractivity (Wildman–Crippen MR) is 81.4 cm³/mol. The van der Waals surface area contributed by atoms with Gasteiger partial charge >= 0.3 is 0 Å². The molecule has 0 saturated carbocycles. The quantitative estimate of drug-likeness (QED) is 0.763. The molecule has 21 heavy (non-hydrogen) atoms. The number of aryl methyl sites for hydroxylation is 1. The average molecular weight is 304 g/mol. The lowest BCUT2D eigenvalue weighted by atomic mass is 10.3. The van der Waals surface area contributed by atoms with Gasteiger partial charge in [0.25, 0.3) is 0 Å².